The molecule has 2 saturated heterocycles. The van der Waals surface area contributed by atoms with Crippen molar-refractivity contribution in [2.24, 2.45) is 0 Å². The van der Waals surface area contributed by atoms with E-state index < -0.39 is 5.79 Å². The molecule has 0 bridgehead atoms. The van der Waals surface area contributed by atoms with Gasteiger partial charge in [-0.1, -0.05) is 0 Å². The Morgan fingerprint density at radius 1 is 1.12 bits per heavy atom. The lowest BCUT2D eigenvalue weighted by atomic mass is 10.0. The fraction of sp³-hybridized carbons (Fsp3) is 0.444. The van der Waals surface area contributed by atoms with Gasteiger partial charge in [-0.3, -0.25) is 9.78 Å². The number of hydrogen-bond donors (Lipinski definition) is 1. The highest BCUT2D eigenvalue weighted by molar-refractivity contribution is 5.93. The van der Waals surface area contributed by atoms with Gasteiger partial charge in [-0.25, -0.2) is 9.97 Å². The second-order valence-electron chi connectivity index (χ2n) is 6.40. The van der Waals surface area contributed by atoms with Crippen molar-refractivity contribution < 1.29 is 14.3 Å². The summed E-state index contributed by atoms with van der Waals surface area (Å²) >= 11 is 0. The van der Waals surface area contributed by atoms with Crippen LogP contribution in [-0.4, -0.2) is 52.9 Å². The third-order valence-corrected chi connectivity index (χ3v) is 4.72. The van der Waals surface area contributed by atoms with E-state index in [1.54, 1.807) is 24.8 Å². The molecule has 0 aromatic carbocycles. The van der Waals surface area contributed by atoms with Crippen LogP contribution in [-0.2, 0) is 16.0 Å². The smallest absolute Gasteiger partial charge is 0.254 e. The van der Waals surface area contributed by atoms with Crippen LogP contribution in [0.15, 0.2) is 36.9 Å². The average Bonchev–Trinajstić information content (AvgIpc) is 3.16. The number of nitrogens with zero attached hydrogens (tertiary/aromatic N) is 4. The van der Waals surface area contributed by atoms with Gasteiger partial charge in [0.2, 0.25) is 5.95 Å². The standard InChI is InChI=1S/C18H21N5O3/c24-16(20-11-14-1-5-19-6-2-14)15-12-21-17(22-13-15)23-7-3-18(4-8-23)25-9-10-26-18/h1-2,5-6,12-13H,3-4,7-11H2,(H,20,24). The molecule has 1 amide bonds. The lowest BCUT2D eigenvalue weighted by Crippen LogP contribution is -2.45. The van der Waals surface area contributed by atoms with Crippen molar-refractivity contribution in [1.29, 1.82) is 0 Å². The van der Waals surface area contributed by atoms with Gasteiger partial charge in [-0.15, -0.1) is 0 Å². The maximum Gasteiger partial charge on any atom is 0.254 e. The molecule has 2 aromatic heterocycles. The normalized spacial score (nSPS) is 18.8. The summed E-state index contributed by atoms with van der Waals surface area (Å²) < 4.78 is 11.5. The highest BCUT2D eigenvalue weighted by Crippen LogP contribution is 2.32. The van der Waals surface area contributed by atoms with Gasteiger partial charge >= 0.3 is 0 Å². The van der Waals surface area contributed by atoms with Gasteiger partial charge in [0.15, 0.2) is 5.79 Å². The van der Waals surface area contributed by atoms with E-state index >= 15 is 0 Å². The van der Waals surface area contributed by atoms with Gasteiger partial charge in [0.1, 0.15) is 0 Å². The number of nitrogens with one attached hydrogen (secondary N) is 1. The van der Waals surface area contributed by atoms with Crippen molar-refractivity contribution in [3.63, 3.8) is 0 Å². The molecule has 0 atom stereocenters. The van der Waals surface area contributed by atoms with Gasteiger partial charge in [0.05, 0.1) is 18.8 Å². The van der Waals surface area contributed by atoms with Gasteiger partial charge in [0.25, 0.3) is 5.91 Å². The highest BCUT2D eigenvalue weighted by atomic mass is 16.7. The molecule has 2 fully saturated rings. The zero-order valence-electron chi connectivity index (χ0n) is 14.4. The molecule has 0 saturated carbocycles. The average molecular weight is 355 g/mol. The molecule has 4 rings (SSSR count). The number of carbonyl (C=O) groups excluding carboxylic acids is 1. The summed E-state index contributed by atoms with van der Waals surface area (Å²) in [5.74, 6) is 0.0192. The third-order valence-electron chi connectivity index (χ3n) is 4.72. The highest BCUT2D eigenvalue weighted by Gasteiger charge is 2.40. The van der Waals surface area contributed by atoms with E-state index in [4.69, 9.17) is 9.47 Å². The van der Waals surface area contributed by atoms with Gasteiger partial charge in [-0.2, -0.15) is 0 Å². The maximum absolute atomic E-state index is 12.2. The molecule has 2 aromatic rings. The molecule has 2 aliphatic heterocycles. The van der Waals surface area contributed by atoms with Crippen LogP contribution < -0.4 is 10.2 Å². The van der Waals surface area contributed by atoms with Crippen molar-refractivity contribution >= 4 is 11.9 Å². The van der Waals surface area contributed by atoms with Crippen molar-refractivity contribution in [3.8, 4) is 0 Å². The Hall–Kier alpha value is -2.58. The first-order chi connectivity index (χ1) is 12.7. The molecule has 136 valence electrons. The first-order valence-corrected chi connectivity index (χ1v) is 8.76. The van der Waals surface area contributed by atoms with Gasteiger partial charge < -0.3 is 19.7 Å². The molecular formula is C18H21N5O3. The number of rotatable bonds is 4. The fourth-order valence-corrected chi connectivity index (χ4v) is 3.22. The Labute approximate surface area is 151 Å². The quantitative estimate of drug-likeness (QED) is 0.880. The summed E-state index contributed by atoms with van der Waals surface area (Å²) in [5.41, 5.74) is 1.43. The number of amides is 1. The zero-order valence-corrected chi connectivity index (χ0v) is 14.4. The van der Waals surface area contributed by atoms with Gasteiger partial charge in [-0.05, 0) is 17.7 Å². The SMILES string of the molecule is O=C(NCc1ccncc1)c1cnc(N2CCC3(CC2)OCCO3)nc1. The van der Waals surface area contributed by atoms with E-state index in [-0.39, 0.29) is 5.91 Å². The Bertz CT molecular complexity index is 737. The summed E-state index contributed by atoms with van der Waals surface area (Å²) in [6.45, 7) is 3.32. The van der Waals surface area contributed by atoms with Crippen molar-refractivity contribution in [3.05, 3.63) is 48.0 Å². The minimum atomic E-state index is -0.413. The Kier molecular flexibility index (Phi) is 4.77. The number of hydrogen-bond acceptors (Lipinski definition) is 7. The van der Waals surface area contributed by atoms with Crippen molar-refractivity contribution in [2.45, 2.75) is 25.2 Å². The monoisotopic (exact) mass is 355 g/mol. The third kappa shape index (κ3) is 3.66. The molecule has 0 unspecified atom stereocenters. The minimum absolute atomic E-state index is 0.196. The van der Waals surface area contributed by atoms with Crippen LogP contribution in [0.3, 0.4) is 0 Å². The second-order valence-corrected chi connectivity index (χ2v) is 6.40. The predicted molar refractivity (Wildman–Crippen MR) is 93.5 cm³/mol. The molecule has 0 aliphatic carbocycles. The van der Waals surface area contributed by atoms with Crippen molar-refractivity contribution in [1.82, 2.24) is 20.3 Å². The first-order valence-electron chi connectivity index (χ1n) is 8.76. The molecular weight excluding hydrogens is 334 g/mol. The Balaban J connectivity index is 1.32. The summed E-state index contributed by atoms with van der Waals surface area (Å²) in [5, 5.41) is 2.85. The van der Waals surface area contributed by atoms with E-state index in [9.17, 15) is 4.79 Å². The van der Waals surface area contributed by atoms with Crippen LogP contribution in [0.4, 0.5) is 5.95 Å². The second kappa shape index (κ2) is 7.35. The number of carbonyl (C=O) groups is 1. The molecule has 4 heterocycles. The zero-order chi connectivity index (χ0) is 17.8. The van der Waals surface area contributed by atoms with E-state index in [1.165, 1.54) is 0 Å². The number of anilines is 1. The molecule has 2 aliphatic rings. The van der Waals surface area contributed by atoms with Crippen LogP contribution in [0, 0.1) is 0 Å². The Morgan fingerprint density at radius 2 is 1.77 bits per heavy atom. The molecule has 1 N–H and O–H groups in total. The Morgan fingerprint density at radius 3 is 2.42 bits per heavy atom. The lowest BCUT2D eigenvalue weighted by Gasteiger charge is -2.37. The topological polar surface area (TPSA) is 89.5 Å². The fourth-order valence-electron chi connectivity index (χ4n) is 3.22. The summed E-state index contributed by atoms with van der Waals surface area (Å²) in [7, 11) is 0. The van der Waals surface area contributed by atoms with E-state index in [0.29, 0.717) is 31.3 Å². The van der Waals surface area contributed by atoms with Crippen LogP contribution in [0.1, 0.15) is 28.8 Å². The van der Waals surface area contributed by atoms with Crippen molar-refractivity contribution in [2.75, 3.05) is 31.2 Å². The van der Waals surface area contributed by atoms with Crippen LogP contribution in [0.5, 0.6) is 0 Å². The first kappa shape index (κ1) is 16.9. The predicted octanol–water partition coefficient (Wildman–Crippen LogP) is 1.14. The number of pyridine rings is 1. The molecule has 1 spiro atoms. The number of piperidine rings is 1. The summed E-state index contributed by atoms with van der Waals surface area (Å²) in [6.07, 6.45) is 8.12. The summed E-state index contributed by atoms with van der Waals surface area (Å²) in [4.78, 5) is 27.0. The maximum atomic E-state index is 12.2. The van der Waals surface area contributed by atoms with Crippen LogP contribution in [0.25, 0.3) is 0 Å². The lowest BCUT2D eigenvalue weighted by molar-refractivity contribution is -0.169. The van der Waals surface area contributed by atoms with E-state index in [2.05, 4.69) is 25.2 Å². The van der Waals surface area contributed by atoms with E-state index in [1.807, 2.05) is 12.1 Å². The van der Waals surface area contributed by atoms with E-state index in [0.717, 1.165) is 31.5 Å². The minimum Gasteiger partial charge on any atom is -0.348 e. The van der Waals surface area contributed by atoms with Gasteiger partial charge in [0, 0.05) is 57.3 Å². The molecule has 8 nitrogen and oxygen atoms in total. The number of aromatic nitrogens is 3. The molecule has 0 radical (unpaired) electrons. The largest absolute Gasteiger partial charge is 0.348 e. The van der Waals surface area contributed by atoms with Crippen LogP contribution >= 0.6 is 0 Å². The molecule has 26 heavy (non-hydrogen) atoms. The van der Waals surface area contributed by atoms with Crippen LogP contribution in [0.2, 0.25) is 0 Å². The summed E-state index contributed by atoms with van der Waals surface area (Å²) in [6, 6.07) is 3.72. The molecule has 8 heteroatoms. The number of ether oxygens (including phenoxy) is 2.